The summed E-state index contributed by atoms with van der Waals surface area (Å²) in [5, 5.41) is 3.45. The smallest absolute Gasteiger partial charge is 0.0965 e. The lowest BCUT2D eigenvalue weighted by atomic mass is 10.1. The number of thiazole rings is 1. The average Bonchev–Trinajstić information content (AvgIpc) is 2.67. The van der Waals surface area contributed by atoms with E-state index in [1.54, 1.807) is 11.3 Å². The molecule has 0 spiro atoms. The van der Waals surface area contributed by atoms with Crippen molar-refractivity contribution < 1.29 is 0 Å². The van der Waals surface area contributed by atoms with Crippen LogP contribution in [0.2, 0.25) is 0 Å². The molecule has 0 bridgehead atoms. The van der Waals surface area contributed by atoms with E-state index in [4.69, 9.17) is 10.7 Å². The van der Waals surface area contributed by atoms with Gasteiger partial charge in [-0.2, -0.15) is 0 Å². The average molecular weight is 238 g/mol. The summed E-state index contributed by atoms with van der Waals surface area (Å²) in [5.74, 6) is 0.685. The third-order valence-electron chi connectivity index (χ3n) is 3.60. The molecule has 90 valence electrons. The lowest BCUT2D eigenvalue weighted by molar-refractivity contribution is 0.587. The molecule has 2 unspecified atom stereocenters. The van der Waals surface area contributed by atoms with Crippen LogP contribution in [-0.2, 0) is 0 Å². The maximum atomic E-state index is 6.13. The minimum atomic E-state index is 0.145. The highest BCUT2D eigenvalue weighted by atomic mass is 32.1. The zero-order valence-electron chi connectivity index (χ0n) is 10.5. The van der Waals surface area contributed by atoms with Crippen molar-refractivity contribution in [2.24, 2.45) is 11.1 Å². The first kappa shape index (κ1) is 12.1. The van der Waals surface area contributed by atoms with Crippen LogP contribution in [-0.4, -0.2) is 4.98 Å². The van der Waals surface area contributed by atoms with E-state index in [2.05, 4.69) is 26.2 Å². The minimum absolute atomic E-state index is 0.145. The van der Waals surface area contributed by atoms with Crippen molar-refractivity contribution in [1.82, 2.24) is 4.98 Å². The standard InChI is InChI=1S/C13H22N2S/c1-4-5-6-10(14)11-8-16-12(15-11)9-7-13(9,2)3/h8-10H,4-7,14H2,1-3H3. The molecule has 1 saturated carbocycles. The van der Waals surface area contributed by atoms with Gasteiger partial charge in [0, 0.05) is 17.3 Å². The van der Waals surface area contributed by atoms with Crippen LogP contribution in [0.15, 0.2) is 5.38 Å². The number of rotatable bonds is 5. The Hall–Kier alpha value is -0.410. The Balaban J connectivity index is 1.97. The van der Waals surface area contributed by atoms with E-state index in [1.165, 1.54) is 24.3 Å². The molecule has 0 radical (unpaired) electrons. The second-order valence-electron chi connectivity index (χ2n) is 5.60. The third kappa shape index (κ3) is 2.46. The Morgan fingerprint density at radius 2 is 2.31 bits per heavy atom. The highest BCUT2D eigenvalue weighted by molar-refractivity contribution is 7.09. The molecule has 1 heterocycles. The van der Waals surface area contributed by atoms with Crippen LogP contribution in [0.5, 0.6) is 0 Å². The van der Waals surface area contributed by atoms with Crippen molar-refractivity contribution in [3.05, 3.63) is 16.1 Å². The summed E-state index contributed by atoms with van der Waals surface area (Å²) in [6.45, 7) is 6.83. The summed E-state index contributed by atoms with van der Waals surface area (Å²) in [6.07, 6.45) is 4.75. The van der Waals surface area contributed by atoms with E-state index in [0.29, 0.717) is 11.3 Å². The highest BCUT2D eigenvalue weighted by Crippen LogP contribution is 2.59. The fraction of sp³-hybridized carbons (Fsp3) is 0.769. The lowest BCUT2D eigenvalue weighted by Crippen LogP contribution is -2.10. The summed E-state index contributed by atoms with van der Waals surface area (Å²) in [6, 6.07) is 0.145. The first-order chi connectivity index (χ1) is 7.54. The molecule has 1 aliphatic carbocycles. The highest BCUT2D eigenvalue weighted by Gasteiger charge is 2.48. The molecule has 1 fully saturated rings. The Morgan fingerprint density at radius 1 is 1.62 bits per heavy atom. The van der Waals surface area contributed by atoms with Gasteiger partial charge in [-0.25, -0.2) is 4.98 Å². The number of unbranched alkanes of at least 4 members (excludes halogenated alkanes) is 1. The molecular weight excluding hydrogens is 216 g/mol. The molecule has 1 aliphatic rings. The fourth-order valence-corrected chi connectivity index (χ4v) is 3.29. The molecular formula is C13H22N2S. The molecule has 16 heavy (non-hydrogen) atoms. The topological polar surface area (TPSA) is 38.9 Å². The Morgan fingerprint density at radius 3 is 2.88 bits per heavy atom. The predicted octanol–water partition coefficient (Wildman–Crippen LogP) is 3.85. The summed E-state index contributed by atoms with van der Waals surface area (Å²) in [4.78, 5) is 4.71. The van der Waals surface area contributed by atoms with E-state index >= 15 is 0 Å². The molecule has 2 rings (SSSR count). The molecule has 0 aromatic carbocycles. The van der Waals surface area contributed by atoms with E-state index < -0.39 is 0 Å². The van der Waals surface area contributed by atoms with Crippen LogP contribution in [0.3, 0.4) is 0 Å². The SMILES string of the molecule is CCCCC(N)c1csc(C2CC2(C)C)n1. The molecule has 2 N–H and O–H groups in total. The fourth-order valence-electron chi connectivity index (χ4n) is 2.09. The summed E-state index contributed by atoms with van der Waals surface area (Å²) < 4.78 is 0. The number of hydrogen-bond acceptors (Lipinski definition) is 3. The third-order valence-corrected chi connectivity index (χ3v) is 4.58. The molecule has 1 aromatic heterocycles. The summed E-state index contributed by atoms with van der Waals surface area (Å²) in [5.41, 5.74) is 7.71. The van der Waals surface area contributed by atoms with Crippen LogP contribution in [0.25, 0.3) is 0 Å². The van der Waals surface area contributed by atoms with Crippen LogP contribution in [0, 0.1) is 5.41 Å². The Kier molecular flexibility index (Phi) is 3.36. The van der Waals surface area contributed by atoms with Crippen molar-refractivity contribution >= 4 is 11.3 Å². The van der Waals surface area contributed by atoms with Gasteiger partial charge in [0.2, 0.25) is 0 Å². The Bertz CT molecular complexity index is 357. The van der Waals surface area contributed by atoms with Crippen LogP contribution in [0.4, 0.5) is 0 Å². The van der Waals surface area contributed by atoms with Gasteiger partial charge in [-0.05, 0) is 18.3 Å². The van der Waals surface area contributed by atoms with Gasteiger partial charge in [-0.1, -0.05) is 33.6 Å². The quantitative estimate of drug-likeness (QED) is 0.846. The maximum Gasteiger partial charge on any atom is 0.0965 e. The van der Waals surface area contributed by atoms with E-state index in [-0.39, 0.29) is 6.04 Å². The van der Waals surface area contributed by atoms with Gasteiger partial charge in [0.15, 0.2) is 0 Å². The number of hydrogen-bond donors (Lipinski definition) is 1. The second-order valence-corrected chi connectivity index (χ2v) is 6.49. The zero-order chi connectivity index (χ0) is 11.8. The lowest BCUT2D eigenvalue weighted by Gasteiger charge is -2.07. The van der Waals surface area contributed by atoms with Crippen LogP contribution >= 0.6 is 11.3 Å². The molecule has 2 nitrogen and oxygen atoms in total. The van der Waals surface area contributed by atoms with Crippen molar-refractivity contribution in [2.75, 3.05) is 0 Å². The van der Waals surface area contributed by atoms with Gasteiger partial charge in [0.1, 0.15) is 0 Å². The van der Waals surface area contributed by atoms with E-state index in [0.717, 1.165) is 12.1 Å². The molecule has 1 aromatic rings. The summed E-state index contributed by atoms with van der Waals surface area (Å²) >= 11 is 1.79. The van der Waals surface area contributed by atoms with Crippen LogP contribution < -0.4 is 5.73 Å². The van der Waals surface area contributed by atoms with Gasteiger partial charge in [-0.15, -0.1) is 11.3 Å². The zero-order valence-corrected chi connectivity index (χ0v) is 11.3. The minimum Gasteiger partial charge on any atom is -0.323 e. The van der Waals surface area contributed by atoms with Gasteiger partial charge in [0.05, 0.1) is 10.7 Å². The largest absolute Gasteiger partial charge is 0.323 e. The van der Waals surface area contributed by atoms with Crippen LogP contribution in [0.1, 0.15) is 69.1 Å². The molecule has 0 amide bonds. The predicted molar refractivity (Wildman–Crippen MR) is 69.7 cm³/mol. The van der Waals surface area contributed by atoms with Gasteiger partial charge < -0.3 is 5.73 Å². The monoisotopic (exact) mass is 238 g/mol. The molecule has 2 atom stereocenters. The van der Waals surface area contributed by atoms with Crippen molar-refractivity contribution in [2.45, 2.75) is 58.4 Å². The maximum absolute atomic E-state index is 6.13. The second kappa shape index (κ2) is 4.46. The van der Waals surface area contributed by atoms with Gasteiger partial charge in [-0.3, -0.25) is 0 Å². The number of nitrogens with zero attached hydrogens (tertiary/aromatic N) is 1. The van der Waals surface area contributed by atoms with E-state index in [9.17, 15) is 0 Å². The summed E-state index contributed by atoms with van der Waals surface area (Å²) in [7, 11) is 0. The van der Waals surface area contributed by atoms with E-state index in [1.807, 2.05) is 0 Å². The number of nitrogens with two attached hydrogens (primary N) is 1. The van der Waals surface area contributed by atoms with Gasteiger partial charge in [0.25, 0.3) is 0 Å². The molecule has 0 aliphatic heterocycles. The normalized spacial score (nSPS) is 24.4. The van der Waals surface area contributed by atoms with Crippen molar-refractivity contribution in [3.63, 3.8) is 0 Å². The van der Waals surface area contributed by atoms with Crippen molar-refractivity contribution in [1.29, 1.82) is 0 Å². The number of aromatic nitrogens is 1. The first-order valence-electron chi connectivity index (χ1n) is 6.25. The molecule has 0 saturated heterocycles. The Labute approximate surface area is 102 Å². The first-order valence-corrected chi connectivity index (χ1v) is 7.13. The van der Waals surface area contributed by atoms with Crippen molar-refractivity contribution in [3.8, 4) is 0 Å². The van der Waals surface area contributed by atoms with Gasteiger partial charge >= 0.3 is 0 Å². The molecule has 3 heteroatoms.